The fraction of sp³-hybridized carbons (Fsp3) is 0.136. The van der Waals surface area contributed by atoms with E-state index in [1.165, 1.54) is 5.56 Å². The number of para-hydroxylation sites is 1. The topological polar surface area (TPSA) is 61.6 Å². The van der Waals surface area contributed by atoms with Crippen LogP contribution in [0.5, 0.6) is 0 Å². The summed E-state index contributed by atoms with van der Waals surface area (Å²) >= 11 is 0. The second-order valence-corrected chi connectivity index (χ2v) is 6.45. The minimum atomic E-state index is 0.148. The van der Waals surface area contributed by atoms with Crippen LogP contribution in [0.25, 0.3) is 21.8 Å². The Morgan fingerprint density at radius 1 is 1.04 bits per heavy atom. The van der Waals surface area contributed by atoms with E-state index in [0.29, 0.717) is 16.9 Å². The highest BCUT2D eigenvalue weighted by Gasteiger charge is 2.14. The summed E-state index contributed by atoms with van der Waals surface area (Å²) in [4.78, 5) is 9.19. The number of pyridine rings is 2. The van der Waals surface area contributed by atoms with Gasteiger partial charge in [-0.2, -0.15) is 5.26 Å². The fourth-order valence-electron chi connectivity index (χ4n) is 3.21. The van der Waals surface area contributed by atoms with Crippen molar-refractivity contribution in [1.29, 1.82) is 5.26 Å². The molecule has 2 heterocycles. The Morgan fingerprint density at radius 3 is 2.62 bits per heavy atom. The molecule has 0 fully saturated rings. The highest BCUT2D eigenvalue weighted by molar-refractivity contribution is 5.96. The Kier molecular flexibility index (Phi) is 4.20. The van der Waals surface area contributed by atoms with Crippen LogP contribution in [-0.2, 0) is 6.42 Å². The first-order chi connectivity index (χ1) is 12.7. The van der Waals surface area contributed by atoms with Crippen LogP contribution >= 0.6 is 0 Å². The summed E-state index contributed by atoms with van der Waals surface area (Å²) in [5.41, 5.74) is 3.31. The maximum Gasteiger partial charge on any atom is 0.146 e. The lowest BCUT2D eigenvalue weighted by Gasteiger charge is -2.16. The number of hydrogen-bond acceptors (Lipinski definition) is 4. The van der Waals surface area contributed by atoms with Crippen molar-refractivity contribution in [1.82, 2.24) is 9.97 Å². The molecule has 26 heavy (non-hydrogen) atoms. The highest BCUT2D eigenvalue weighted by atomic mass is 15.0. The molecule has 0 saturated heterocycles. The van der Waals surface area contributed by atoms with Crippen LogP contribution < -0.4 is 5.32 Å². The van der Waals surface area contributed by atoms with Crippen LogP contribution in [0.2, 0.25) is 0 Å². The maximum absolute atomic E-state index is 9.72. The van der Waals surface area contributed by atoms with Crippen molar-refractivity contribution in [3.63, 3.8) is 0 Å². The van der Waals surface area contributed by atoms with Gasteiger partial charge in [-0.25, -0.2) is 9.97 Å². The normalized spacial score (nSPS) is 12.0. The van der Waals surface area contributed by atoms with Crippen molar-refractivity contribution in [3.8, 4) is 6.07 Å². The van der Waals surface area contributed by atoms with Crippen LogP contribution in [0.15, 0.2) is 66.9 Å². The molecule has 0 bridgehead atoms. The molecule has 0 aliphatic carbocycles. The quantitative estimate of drug-likeness (QED) is 0.548. The zero-order valence-corrected chi connectivity index (χ0v) is 14.5. The van der Waals surface area contributed by atoms with Gasteiger partial charge in [-0.15, -0.1) is 0 Å². The third kappa shape index (κ3) is 3.07. The average molecular weight is 338 g/mol. The number of rotatable bonds is 4. The molecule has 0 radical (unpaired) electrons. The molecule has 0 saturated carbocycles. The number of nitrogens with one attached hydrogen (secondary N) is 1. The third-order valence-corrected chi connectivity index (χ3v) is 4.44. The van der Waals surface area contributed by atoms with E-state index >= 15 is 0 Å². The molecule has 0 unspecified atom stereocenters. The van der Waals surface area contributed by atoms with Gasteiger partial charge in [0.05, 0.1) is 11.0 Å². The second kappa shape index (κ2) is 6.81. The van der Waals surface area contributed by atoms with Crippen LogP contribution in [0.4, 0.5) is 5.82 Å². The molecule has 2 aromatic carbocycles. The van der Waals surface area contributed by atoms with E-state index in [1.807, 2.05) is 48.5 Å². The molecule has 0 aliphatic rings. The summed E-state index contributed by atoms with van der Waals surface area (Å²) < 4.78 is 0. The van der Waals surface area contributed by atoms with E-state index in [1.54, 1.807) is 6.20 Å². The minimum absolute atomic E-state index is 0.148. The van der Waals surface area contributed by atoms with E-state index < -0.39 is 0 Å². The number of nitriles is 1. The summed E-state index contributed by atoms with van der Waals surface area (Å²) in [6, 6.07) is 22.7. The lowest BCUT2D eigenvalue weighted by atomic mass is 10.1. The monoisotopic (exact) mass is 338 g/mol. The van der Waals surface area contributed by atoms with Crippen molar-refractivity contribution in [2.75, 3.05) is 5.32 Å². The summed E-state index contributed by atoms with van der Waals surface area (Å²) in [7, 11) is 0. The summed E-state index contributed by atoms with van der Waals surface area (Å²) in [6.07, 6.45) is 2.64. The smallest absolute Gasteiger partial charge is 0.146 e. The minimum Gasteiger partial charge on any atom is -0.366 e. The standard InChI is InChI=1S/C22H18N4/c1-15(11-16-7-3-2-4-8-16)25-22-19(13-23)21-18(14-24-22)12-17-9-5-6-10-20(17)26-21/h2-10,12,14-15H,11H2,1H3,(H,24,25)/t15-/m0/s1. The molecule has 0 spiro atoms. The van der Waals surface area contributed by atoms with Gasteiger partial charge in [-0.1, -0.05) is 48.5 Å². The molecule has 126 valence electrons. The molecule has 4 heteroatoms. The molecule has 1 N–H and O–H groups in total. The van der Waals surface area contributed by atoms with Gasteiger partial charge in [-0.3, -0.25) is 0 Å². The second-order valence-electron chi connectivity index (χ2n) is 6.45. The Hall–Kier alpha value is -3.45. The van der Waals surface area contributed by atoms with E-state index in [4.69, 9.17) is 4.98 Å². The summed E-state index contributed by atoms with van der Waals surface area (Å²) in [6.45, 7) is 2.09. The lowest BCUT2D eigenvalue weighted by molar-refractivity contribution is 0.784. The molecule has 4 rings (SSSR count). The molecule has 2 aromatic heterocycles. The molecule has 0 aliphatic heterocycles. The van der Waals surface area contributed by atoms with Crippen molar-refractivity contribution in [2.24, 2.45) is 0 Å². The molecule has 1 atom stereocenters. The van der Waals surface area contributed by atoms with E-state index in [0.717, 1.165) is 22.7 Å². The number of fused-ring (bicyclic) bond motifs is 2. The maximum atomic E-state index is 9.72. The van der Waals surface area contributed by atoms with Gasteiger partial charge < -0.3 is 5.32 Å². The number of aromatic nitrogens is 2. The zero-order valence-electron chi connectivity index (χ0n) is 14.5. The third-order valence-electron chi connectivity index (χ3n) is 4.44. The largest absolute Gasteiger partial charge is 0.366 e. The van der Waals surface area contributed by atoms with Crippen molar-refractivity contribution in [3.05, 3.63) is 78.0 Å². The van der Waals surface area contributed by atoms with E-state index in [9.17, 15) is 5.26 Å². The fourth-order valence-corrected chi connectivity index (χ4v) is 3.21. The van der Waals surface area contributed by atoms with Gasteiger partial charge in [-0.05, 0) is 31.0 Å². The SMILES string of the molecule is C[C@@H](Cc1ccccc1)Nc1ncc2cc3ccccc3nc2c1C#N. The van der Waals surface area contributed by atoms with E-state index in [2.05, 4.69) is 35.4 Å². The first-order valence-corrected chi connectivity index (χ1v) is 8.63. The molecular formula is C22H18N4. The van der Waals surface area contributed by atoms with Gasteiger partial charge >= 0.3 is 0 Å². The number of nitrogens with zero attached hydrogens (tertiary/aromatic N) is 3. The van der Waals surface area contributed by atoms with Gasteiger partial charge in [0.25, 0.3) is 0 Å². The average Bonchev–Trinajstić information content (AvgIpc) is 2.67. The Balaban J connectivity index is 1.71. The summed E-state index contributed by atoms with van der Waals surface area (Å²) in [5.74, 6) is 0.589. The molecule has 4 aromatic rings. The van der Waals surface area contributed by atoms with Crippen LogP contribution in [0, 0.1) is 11.3 Å². The molecule has 0 amide bonds. The zero-order chi connectivity index (χ0) is 17.9. The highest BCUT2D eigenvalue weighted by Crippen LogP contribution is 2.26. The Morgan fingerprint density at radius 2 is 1.81 bits per heavy atom. The van der Waals surface area contributed by atoms with Gasteiger partial charge in [0.15, 0.2) is 0 Å². The van der Waals surface area contributed by atoms with Gasteiger partial charge in [0.1, 0.15) is 17.5 Å². The number of anilines is 1. The van der Waals surface area contributed by atoms with Gasteiger partial charge in [0.2, 0.25) is 0 Å². The Labute approximate surface area is 152 Å². The predicted molar refractivity (Wildman–Crippen MR) is 105 cm³/mol. The van der Waals surface area contributed by atoms with Crippen molar-refractivity contribution >= 4 is 27.6 Å². The first-order valence-electron chi connectivity index (χ1n) is 8.63. The number of hydrogen-bond donors (Lipinski definition) is 1. The summed E-state index contributed by atoms with van der Waals surface area (Å²) in [5, 5.41) is 15.0. The van der Waals surface area contributed by atoms with Gasteiger partial charge in [0, 0.05) is 23.0 Å². The van der Waals surface area contributed by atoms with Crippen molar-refractivity contribution < 1.29 is 0 Å². The number of benzene rings is 2. The van der Waals surface area contributed by atoms with Crippen LogP contribution in [-0.4, -0.2) is 16.0 Å². The predicted octanol–water partition coefficient (Wildman–Crippen LogP) is 4.70. The van der Waals surface area contributed by atoms with Crippen LogP contribution in [0.3, 0.4) is 0 Å². The lowest BCUT2D eigenvalue weighted by Crippen LogP contribution is -2.19. The van der Waals surface area contributed by atoms with Crippen molar-refractivity contribution in [2.45, 2.75) is 19.4 Å². The Bertz CT molecular complexity index is 1110. The van der Waals surface area contributed by atoms with E-state index in [-0.39, 0.29) is 6.04 Å². The molecular weight excluding hydrogens is 320 g/mol. The molecule has 4 nitrogen and oxygen atoms in total. The van der Waals surface area contributed by atoms with Crippen LogP contribution in [0.1, 0.15) is 18.1 Å². The first kappa shape index (κ1) is 16.0.